The summed E-state index contributed by atoms with van der Waals surface area (Å²) in [4.78, 5) is 0. The maximum absolute atomic E-state index is 8.35. The van der Waals surface area contributed by atoms with E-state index in [4.69, 9.17) is 19.5 Å². The Morgan fingerprint density at radius 3 is 2.57 bits per heavy atom. The molecule has 14 heavy (non-hydrogen) atoms. The lowest BCUT2D eigenvalue weighted by molar-refractivity contribution is 0.326. The van der Waals surface area contributed by atoms with Gasteiger partial charge >= 0.3 is 0 Å². The van der Waals surface area contributed by atoms with E-state index < -0.39 is 0 Å². The fourth-order valence-corrected chi connectivity index (χ4v) is 1.00. The van der Waals surface area contributed by atoms with Gasteiger partial charge in [-0.1, -0.05) is 0 Å². The van der Waals surface area contributed by atoms with Crippen molar-refractivity contribution in [3.05, 3.63) is 18.2 Å². The van der Waals surface area contributed by atoms with Crippen LogP contribution in [0.25, 0.3) is 0 Å². The van der Waals surface area contributed by atoms with Crippen LogP contribution in [0.1, 0.15) is 0 Å². The van der Waals surface area contributed by atoms with E-state index in [9.17, 15) is 0 Å². The molecule has 74 valence electrons. The highest BCUT2D eigenvalue weighted by molar-refractivity contribution is 5.45. The molecule has 4 nitrogen and oxygen atoms in total. The molecular formula is C10H11NO3. The summed E-state index contributed by atoms with van der Waals surface area (Å²) in [7, 11) is 3.11. The minimum absolute atomic E-state index is 0.00267. The van der Waals surface area contributed by atoms with E-state index in [1.165, 1.54) is 7.11 Å². The highest BCUT2D eigenvalue weighted by Gasteiger charge is 2.05. The van der Waals surface area contributed by atoms with E-state index in [1.54, 1.807) is 25.3 Å². The van der Waals surface area contributed by atoms with E-state index >= 15 is 0 Å². The predicted molar refractivity (Wildman–Crippen MR) is 50.7 cm³/mol. The van der Waals surface area contributed by atoms with Gasteiger partial charge in [0.05, 0.1) is 14.2 Å². The molecule has 0 saturated heterocycles. The van der Waals surface area contributed by atoms with Gasteiger partial charge in [0.25, 0.3) is 0 Å². The zero-order valence-corrected chi connectivity index (χ0v) is 8.11. The number of ether oxygens (including phenoxy) is 3. The van der Waals surface area contributed by atoms with Gasteiger partial charge in [-0.05, 0) is 12.1 Å². The molecule has 0 saturated carbocycles. The largest absolute Gasteiger partial charge is 0.497 e. The minimum Gasteiger partial charge on any atom is -0.497 e. The normalized spacial score (nSPS) is 8.93. The van der Waals surface area contributed by atoms with Crippen molar-refractivity contribution >= 4 is 0 Å². The monoisotopic (exact) mass is 193 g/mol. The molecule has 0 unspecified atom stereocenters. The molecular weight excluding hydrogens is 182 g/mol. The molecule has 0 aliphatic rings. The van der Waals surface area contributed by atoms with E-state index in [1.807, 2.05) is 6.07 Å². The Morgan fingerprint density at radius 1 is 1.21 bits per heavy atom. The summed E-state index contributed by atoms with van der Waals surface area (Å²) in [5.74, 6) is 1.78. The van der Waals surface area contributed by atoms with Crippen LogP contribution in [0.5, 0.6) is 17.2 Å². The Balaban J connectivity index is 2.88. The number of hydrogen-bond donors (Lipinski definition) is 0. The molecule has 0 N–H and O–H groups in total. The van der Waals surface area contributed by atoms with Crippen molar-refractivity contribution in [2.45, 2.75) is 0 Å². The number of nitriles is 1. The summed E-state index contributed by atoms with van der Waals surface area (Å²) in [6.07, 6.45) is 0. The second-order valence-corrected chi connectivity index (χ2v) is 2.46. The summed E-state index contributed by atoms with van der Waals surface area (Å²) in [5, 5.41) is 8.35. The van der Waals surface area contributed by atoms with Crippen molar-refractivity contribution in [3.8, 4) is 23.3 Å². The van der Waals surface area contributed by atoms with Crippen LogP contribution in [0.3, 0.4) is 0 Å². The van der Waals surface area contributed by atoms with Crippen LogP contribution in [0.4, 0.5) is 0 Å². The summed E-state index contributed by atoms with van der Waals surface area (Å²) >= 11 is 0. The van der Waals surface area contributed by atoms with Gasteiger partial charge in [-0.15, -0.1) is 0 Å². The van der Waals surface area contributed by atoms with Gasteiger partial charge in [-0.2, -0.15) is 5.26 Å². The van der Waals surface area contributed by atoms with Crippen LogP contribution >= 0.6 is 0 Å². The zero-order valence-electron chi connectivity index (χ0n) is 8.11. The Labute approximate surface area is 82.6 Å². The quantitative estimate of drug-likeness (QED) is 0.728. The molecule has 1 aromatic carbocycles. The number of methoxy groups -OCH3 is 2. The summed E-state index contributed by atoms with van der Waals surface area (Å²) in [6.45, 7) is 0.00267. The van der Waals surface area contributed by atoms with E-state index in [0.29, 0.717) is 17.2 Å². The summed E-state index contributed by atoms with van der Waals surface area (Å²) in [5.41, 5.74) is 0. The van der Waals surface area contributed by atoms with Crippen molar-refractivity contribution in [1.29, 1.82) is 5.26 Å². The summed E-state index contributed by atoms with van der Waals surface area (Å²) in [6, 6.07) is 7.04. The minimum atomic E-state index is 0.00267. The molecule has 0 aromatic heterocycles. The van der Waals surface area contributed by atoms with Gasteiger partial charge in [0.1, 0.15) is 11.8 Å². The first-order valence-corrected chi connectivity index (χ1v) is 4.03. The molecule has 0 bridgehead atoms. The van der Waals surface area contributed by atoms with Crippen LogP contribution in [0.15, 0.2) is 18.2 Å². The van der Waals surface area contributed by atoms with Gasteiger partial charge in [0.2, 0.25) is 0 Å². The Bertz CT molecular complexity index is 344. The average molecular weight is 193 g/mol. The van der Waals surface area contributed by atoms with Crippen LogP contribution in [-0.4, -0.2) is 20.8 Å². The van der Waals surface area contributed by atoms with E-state index in [0.717, 1.165) is 0 Å². The Hall–Kier alpha value is -1.89. The fraction of sp³-hybridized carbons (Fsp3) is 0.300. The highest BCUT2D eigenvalue weighted by Crippen LogP contribution is 2.30. The second kappa shape index (κ2) is 4.97. The van der Waals surface area contributed by atoms with Crippen LogP contribution in [0.2, 0.25) is 0 Å². The van der Waals surface area contributed by atoms with Gasteiger partial charge in [-0.25, -0.2) is 0 Å². The highest BCUT2D eigenvalue weighted by atomic mass is 16.5. The lowest BCUT2D eigenvalue weighted by atomic mass is 10.3. The van der Waals surface area contributed by atoms with Gasteiger partial charge < -0.3 is 14.2 Å². The van der Waals surface area contributed by atoms with Crippen LogP contribution in [0, 0.1) is 11.3 Å². The molecule has 0 fully saturated rings. The fourth-order valence-electron chi connectivity index (χ4n) is 1.00. The molecule has 1 rings (SSSR count). The third kappa shape index (κ3) is 2.30. The third-order valence-corrected chi connectivity index (χ3v) is 1.66. The number of hydrogen-bond acceptors (Lipinski definition) is 4. The van der Waals surface area contributed by atoms with Crippen LogP contribution < -0.4 is 14.2 Å². The Kier molecular flexibility index (Phi) is 3.62. The number of nitrogens with zero attached hydrogens (tertiary/aromatic N) is 1. The first-order chi connectivity index (χ1) is 6.81. The molecule has 0 amide bonds. The SMILES string of the molecule is COc1ccc(OCC#N)c(OC)c1. The van der Waals surface area contributed by atoms with E-state index in [2.05, 4.69) is 0 Å². The molecule has 0 heterocycles. The van der Waals surface area contributed by atoms with Crippen molar-refractivity contribution in [1.82, 2.24) is 0 Å². The van der Waals surface area contributed by atoms with Crippen molar-refractivity contribution < 1.29 is 14.2 Å². The second-order valence-electron chi connectivity index (χ2n) is 2.46. The van der Waals surface area contributed by atoms with E-state index in [-0.39, 0.29) is 6.61 Å². The number of rotatable bonds is 4. The average Bonchev–Trinajstić information content (AvgIpc) is 2.26. The first kappa shape index (κ1) is 10.2. The zero-order chi connectivity index (χ0) is 10.4. The standard InChI is InChI=1S/C10H11NO3/c1-12-8-3-4-9(14-6-5-11)10(7-8)13-2/h3-4,7H,6H2,1-2H3. The maximum atomic E-state index is 8.35. The van der Waals surface area contributed by atoms with Crippen molar-refractivity contribution in [2.75, 3.05) is 20.8 Å². The van der Waals surface area contributed by atoms with Gasteiger partial charge in [0.15, 0.2) is 18.1 Å². The van der Waals surface area contributed by atoms with Crippen molar-refractivity contribution in [2.24, 2.45) is 0 Å². The molecule has 4 heteroatoms. The van der Waals surface area contributed by atoms with Gasteiger partial charge in [0, 0.05) is 6.07 Å². The third-order valence-electron chi connectivity index (χ3n) is 1.66. The lowest BCUT2D eigenvalue weighted by Gasteiger charge is -2.09. The molecule has 0 spiro atoms. The molecule has 1 aromatic rings. The topological polar surface area (TPSA) is 51.5 Å². The molecule has 0 atom stereocenters. The first-order valence-electron chi connectivity index (χ1n) is 4.03. The van der Waals surface area contributed by atoms with Gasteiger partial charge in [-0.3, -0.25) is 0 Å². The Morgan fingerprint density at radius 2 is 2.00 bits per heavy atom. The molecule has 0 aliphatic carbocycles. The smallest absolute Gasteiger partial charge is 0.174 e. The maximum Gasteiger partial charge on any atom is 0.174 e. The number of benzene rings is 1. The van der Waals surface area contributed by atoms with Crippen LogP contribution in [-0.2, 0) is 0 Å². The molecule has 0 aliphatic heterocycles. The van der Waals surface area contributed by atoms with Crippen molar-refractivity contribution in [3.63, 3.8) is 0 Å². The lowest BCUT2D eigenvalue weighted by Crippen LogP contribution is -1.96. The predicted octanol–water partition coefficient (Wildman–Crippen LogP) is 1.61. The molecule has 0 radical (unpaired) electrons. The summed E-state index contributed by atoms with van der Waals surface area (Å²) < 4.78 is 15.2.